The first kappa shape index (κ1) is 16.4. The Morgan fingerprint density at radius 1 is 1.16 bits per heavy atom. The Labute approximate surface area is 144 Å². The van der Waals surface area contributed by atoms with Crippen molar-refractivity contribution in [3.05, 3.63) is 65.2 Å². The number of aromatic nitrogens is 3. The van der Waals surface area contributed by atoms with E-state index in [-0.39, 0.29) is 17.5 Å². The maximum absolute atomic E-state index is 11.2. The highest BCUT2D eigenvalue weighted by Gasteiger charge is 2.16. The smallest absolute Gasteiger partial charge is 0.311 e. The summed E-state index contributed by atoms with van der Waals surface area (Å²) >= 11 is 0. The highest BCUT2D eigenvalue weighted by atomic mass is 16.6. The molecule has 8 nitrogen and oxygen atoms in total. The van der Waals surface area contributed by atoms with E-state index < -0.39 is 4.92 Å². The molecular weight excluding hydrogens is 320 g/mol. The second kappa shape index (κ2) is 7.00. The Balaban J connectivity index is 1.86. The number of rotatable bonds is 6. The van der Waals surface area contributed by atoms with Gasteiger partial charge in [0.25, 0.3) is 0 Å². The Bertz CT molecular complexity index is 859. The van der Waals surface area contributed by atoms with Crippen molar-refractivity contribution in [2.75, 3.05) is 10.6 Å². The summed E-state index contributed by atoms with van der Waals surface area (Å²) in [6, 6.07) is 10.7. The van der Waals surface area contributed by atoms with Crippen molar-refractivity contribution in [1.82, 2.24) is 14.5 Å². The van der Waals surface area contributed by atoms with Crippen LogP contribution in [0.15, 0.2) is 55.1 Å². The zero-order chi connectivity index (χ0) is 17.8. The summed E-state index contributed by atoms with van der Waals surface area (Å²) in [4.78, 5) is 19.1. The average molecular weight is 338 g/mol. The molecule has 1 aromatic carbocycles. The molecule has 0 bridgehead atoms. The van der Waals surface area contributed by atoms with E-state index in [0.717, 1.165) is 5.69 Å². The van der Waals surface area contributed by atoms with Crippen LogP contribution in [0.4, 0.5) is 23.0 Å². The predicted octanol–water partition coefficient (Wildman–Crippen LogP) is 3.74. The van der Waals surface area contributed by atoms with Gasteiger partial charge in [0, 0.05) is 35.9 Å². The quantitative estimate of drug-likeness (QED) is 0.525. The molecule has 0 saturated carbocycles. The minimum atomic E-state index is -0.450. The molecule has 3 rings (SSSR count). The molecular formula is C17H18N6O2. The molecule has 0 amide bonds. The Morgan fingerprint density at radius 2 is 1.92 bits per heavy atom. The van der Waals surface area contributed by atoms with E-state index in [1.54, 1.807) is 18.6 Å². The Hall–Kier alpha value is -3.42. The molecule has 0 aliphatic rings. The SMILES string of the molecule is CC(C)Nc1ccc([N+](=O)[O-])c(Nc2ccc(-n3ccnc3)cc2)n1. The first-order valence-electron chi connectivity index (χ1n) is 7.80. The van der Waals surface area contributed by atoms with Gasteiger partial charge in [-0.25, -0.2) is 9.97 Å². The number of nitro groups is 1. The minimum absolute atomic E-state index is 0.0759. The van der Waals surface area contributed by atoms with E-state index in [9.17, 15) is 10.1 Å². The minimum Gasteiger partial charge on any atom is -0.368 e. The van der Waals surface area contributed by atoms with Gasteiger partial charge in [0.05, 0.1) is 11.3 Å². The van der Waals surface area contributed by atoms with Crippen LogP contribution in [-0.2, 0) is 0 Å². The maximum atomic E-state index is 11.2. The number of hydrogen-bond acceptors (Lipinski definition) is 6. The van der Waals surface area contributed by atoms with Crippen LogP contribution in [0.2, 0.25) is 0 Å². The van der Waals surface area contributed by atoms with Gasteiger partial charge in [-0.2, -0.15) is 0 Å². The summed E-state index contributed by atoms with van der Waals surface area (Å²) in [7, 11) is 0. The highest BCUT2D eigenvalue weighted by molar-refractivity contribution is 5.68. The van der Waals surface area contributed by atoms with Crippen LogP contribution in [-0.4, -0.2) is 25.5 Å². The molecule has 0 fully saturated rings. The lowest BCUT2D eigenvalue weighted by molar-refractivity contribution is -0.384. The molecule has 0 atom stereocenters. The number of nitrogens with zero attached hydrogens (tertiary/aromatic N) is 4. The number of hydrogen-bond donors (Lipinski definition) is 2. The van der Waals surface area contributed by atoms with Crippen LogP contribution in [0.1, 0.15) is 13.8 Å². The summed E-state index contributed by atoms with van der Waals surface area (Å²) in [6.45, 7) is 3.95. The monoisotopic (exact) mass is 338 g/mol. The normalized spacial score (nSPS) is 10.7. The third-order valence-corrected chi connectivity index (χ3v) is 3.44. The summed E-state index contributed by atoms with van der Waals surface area (Å²) < 4.78 is 1.87. The molecule has 128 valence electrons. The van der Waals surface area contributed by atoms with Gasteiger partial charge in [-0.1, -0.05) is 0 Å². The van der Waals surface area contributed by atoms with Gasteiger partial charge < -0.3 is 15.2 Å². The van der Waals surface area contributed by atoms with Crippen molar-refractivity contribution in [1.29, 1.82) is 0 Å². The second-order valence-corrected chi connectivity index (χ2v) is 5.76. The highest BCUT2D eigenvalue weighted by Crippen LogP contribution is 2.27. The lowest BCUT2D eigenvalue weighted by Crippen LogP contribution is -2.12. The summed E-state index contributed by atoms with van der Waals surface area (Å²) in [5, 5.41) is 17.4. The van der Waals surface area contributed by atoms with Crippen LogP contribution < -0.4 is 10.6 Å². The summed E-state index contributed by atoms with van der Waals surface area (Å²) in [6.07, 6.45) is 5.25. The van der Waals surface area contributed by atoms with Crippen molar-refractivity contribution in [3.63, 3.8) is 0 Å². The molecule has 0 aliphatic carbocycles. The average Bonchev–Trinajstić information content (AvgIpc) is 3.09. The van der Waals surface area contributed by atoms with Gasteiger partial charge in [0.15, 0.2) is 0 Å². The molecule has 2 heterocycles. The molecule has 25 heavy (non-hydrogen) atoms. The van der Waals surface area contributed by atoms with Gasteiger partial charge in [-0.05, 0) is 44.2 Å². The molecule has 0 radical (unpaired) electrons. The second-order valence-electron chi connectivity index (χ2n) is 5.76. The summed E-state index contributed by atoms with van der Waals surface area (Å²) in [5.74, 6) is 0.782. The van der Waals surface area contributed by atoms with Crippen molar-refractivity contribution in [3.8, 4) is 5.69 Å². The van der Waals surface area contributed by atoms with Gasteiger partial charge in [-0.15, -0.1) is 0 Å². The third-order valence-electron chi connectivity index (χ3n) is 3.44. The number of benzene rings is 1. The summed E-state index contributed by atoms with van der Waals surface area (Å²) in [5.41, 5.74) is 1.58. The largest absolute Gasteiger partial charge is 0.368 e. The fourth-order valence-corrected chi connectivity index (χ4v) is 2.33. The molecule has 3 aromatic rings. The zero-order valence-electron chi connectivity index (χ0n) is 13.9. The van der Waals surface area contributed by atoms with Crippen LogP contribution >= 0.6 is 0 Å². The molecule has 0 unspecified atom stereocenters. The Morgan fingerprint density at radius 3 is 2.52 bits per heavy atom. The lowest BCUT2D eigenvalue weighted by Gasteiger charge is -2.12. The number of nitrogens with one attached hydrogen (secondary N) is 2. The van der Waals surface area contributed by atoms with Gasteiger partial charge in [0.2, 0.25) is 5.82 Å². The standard InChI is InChI=1S/C17H18N6O2/c1-12(2)19-16-8-7-15(23(24)25)17(21-16)20-13-3-5-14(6-4-13)22-10-9-18-11-22/h3-12H,1-2H3,(H2,19,20,21). The third kappa shape index (κ3) is 3.92. The Kier molecular flexibility index (Phi) is 4.60. The molecule has 8 heteroatoms. The fraction of sp³-hybridized carbons (Fsp3) is 0.176. The van der Waals surface area contributed by atoms with Gasteiger partial charge in [-0.3, -0.25) is 10.1 Å². The van der Waals surface area contributed by atoms with E-state index in [2.05, 4.69) is 20.6 Å². The van der Waals surface area contributed by atoms with Crippen molar-refractivity contribution >= 4 is 23.0 Å². The topological polar surface area (TPSA) is 97.9 Å². The maximum Gasteiger partial charge on any atom is 0.311 e. The number of pyridine rings is 1. The van der Waals surface area contributed by atoms with Crippen LogP contribution in [0, 0.1) is 10.1 Å². The van der Waals surface area contributed by atoms with Crippen molar-refractivity contribution < 1.29 is 4.92 Å². The van der Waals surface area contributed by atoms with E-state index in [4.69, 9.17) is 0 Å². The van der Waals surface area contributed by atoms with Crippen LogP contribution in [0.3, 0.4) is 0 Å². The first-order chi connectivity index (χ1) is 12.0. The van der Waals surface area contributed by atoms with Crippen LogP contribution in [0.5, 0.6) is 0 Å². The number of anilines is 3. The van der Waals surface area contributed by atoms with E-state index in [0.29, 0.717) is 11.5 Å². The van der Waals surface area contributed by atoms with Gasteiger partial charge >= 0.3 is 5.69 Å². The molecule has 2 N–H and O–H groups in total. The van der Waals surface area contributed by atoms with E-state index in [1.807, 2.05) is 48.9 Å². The van der Waals surface area contributed by atoms with Crippen LogP contribution in [0.25, 0.3) is 5.69 Å². The van der Waals surface area contributed by atoms with E-state index in [1.165, 1.54) is 6.07 Å². The molecule has 0 saturated heterocycles. The molecule has 0 spiro atoms. The molecule has 2 aromatic heterocycles. The van der Waals surface area contributed by atoms with Crippen molar-refractivity contribution in [2.24, 2.45) is 0 Å². The molecule has 0 aliphatic heterocycles. The van der Waals surface area contributed by atoms with E-state index >= 15 is 0 Å². The number of imidazole rings is 1. The zero-order valence-corrected chi connectivity index (χ0v) is 13.9. The first-order valence-corrected chi connectivity index (χ1v) is 7.80. The van der Waals surface area contributed by atoms with Crippen molar-refractivity contribution in [2.45, 2.75) is 19.9 Å². The predicted molar refractivity (Wildman–Crippen MR) is 96.5 cm³/mol. The lowest BCUT2D eigenvalue weighted by atomic mass is 10.2. The van der Waals surface area contributed by atoms with Gasteiger partial charge in [0.1, 0.15) is 5.82 Å². The fourth-order valence-electron chi connectivity index (χ4n) is 2.33.